The Balaban J connectivity index is 2.05. The Kier molecular flexibility index (Phi) is 6.47. The molecule has 1 unspecified atom stereocenters. The van der Waals surface area contributed by atoms with Gasteiger partial charge in [-0.1, -0.05) is 6.08 Å². The molecular formula is C18H26N2O3. The number of hydrogen-bond acceptors (Lipinski definition) is 4. The Labute approximate surface area is 138 Å². The van der Waals surface area contributed by atoms with Crippen LogP contribution in [-0.2, 0) is 6.42 Å². The van der Waals surface area contributed by atoms with Crippen molar-refractivity contribution in [3.8, 4) is 11.5 Å². The average Bonchev–Trinajstić information content (AvgIpc) is 3.07. The molecule has 0 radical (unpaired) electrons. The van der Waals surface area contributed by atoms with Crippen LogP contribution in [0.1, 0.15) is 28.8 Å². The van der Waals surface area contributed by atoms with Crippen LogP contribution in [0.5, 0.6) is 11.5 Å². The Hall–Kier alpha value is -2.01. The molecule has 1 aliphatic heterocycles. The molecule has 0 aliphatic carbocycles. The lowest BCUT2D eigenvalue weighted by molar-refractivity contribution is 0.0951. The second kappa shape index (κ2) is 8.58. The number of amides is 1. The maximum atomic E-state index is 12.4. The van der Waals surface area contributed by atoms with E-state index in [4.69, 9.17) is 9.47 Å². The number of allylic oxidation sites excluding steroid dienone is 1. The van der Waals surface area contributed by atoms with Crippen LogP contribution in [0.2, 0.25) is 0 Å². The first-order chi connectivity index (χ1) is 11.2. The number of hydrogen-bond donors (Lipinski definition) is 2. The van der Waals surface area contributed by atoms with Gasteiger partial charge in [-0.15, -0.1) is 6.58 Å². The van der Waals surface area contributed by atoms with Crippen molar-refractivity contribution in [1.29, 1.82) is 0 Å². The highest BCUT2D eigenvalue weighted by atomic mass is 16.5. The molecule has 126 valence electrons. The summed E-state index contributed by atoms with van der Waals surface area (Å²) < 4.78 is 10.7. The number of methoxy groups -OCH3 is 2. The van der Waals surface area contributed by atoms with E-state index in [-0.39, 0.29) is 5.91 Å². The van der Waals surface area contributed by atoms with E-state index in [1.165, 1.54) is 6.42 Å². The monoisotopic (exact) mass is 318 g/mol. The standard InChI is InChI=1S/C18H26N2O3/c1-4-5-14-10-15(11-16(22-2)17(14)23-3)18(21)20-9-7-13-6-8-19-12-13/h4,10-11,13,19H,1,5-9,12H2,2-3H3,(H,20,21). The summed E-state index contributed by atoms with van der Waals surface area (Å²) in [7, 11) is 3.17. The fourth-order valence-electron chi connectivity index (χ4n) is 2.93. The zero-order valence-electron chi connectivity index (χ0n) is 14.0. The van der Waals surface area contributed by atoms with Crippen molar-refractivity contribution in [1.82, 2.24) is 10.6 Å². The van der Waals surface area contributed by atoms with Gasteiger partial charge in [-0.3, -0.25) is 4.79 Å². The highest BCUT2D eigenvalue weighted by molar-refractivity contribution is 5.95. The van der Waals surface area contributed by atoms with Gasteiger partial charge >= 0.3 is 0 Å². The van der Waals surface area contributed by atoms with E-state index in [0.29, 0.717) is 35.9 Å². The third-order valence-corrected chi connectivity index (χ3v) is 4.18. The Morgan fingerprint density at radius 1 is 1.43 bits per heavy atom. The van der Waals surface area contributed by atoms with Gasteiger partial charge in [0.25, 0.3) is 5.91 Å². The van der Waals surface area contributed by atoms with Crippen LogP contribution in [0.25, 0.3) is 0 Å². The minimum Gasteiger partial charge on any atom is -0.493 e. The second-order valence-corrected chi connectivity index (χ2v) is 5.77. The highest BCUT2D eigenvalue weighted by Gasteiger charge is 2.17. The molecular weight excluding hydrogens is 292 g/mol. The van der Waals surface area contributed by atoms with Crippen LogP contribution in [0.3, 0.4) is 0 Å². The molecule has 0 aromatic heterocycles. The molecule has 0 spiro atoms. The summed E-state index contributed by atoms with van der Waals surface area (Å²) in [5, 5.41) is 6.33. The first-order valence-corrected chi connectivity index (χ1v) is 8.04. The number of benzene rings is 1. The van der Waals surface area contributed by atoms with Crippen LogP contribution in [-0.4, -0.2) is 39.8 Å². The summed E-state index contributed by atoms with van der Waals surface area (Å²) in [6.45, 7) is 6.58. The van der Waals surface area contributed by atoms with Gasteiger partial charge in [-0.25, -0.2) is 0 Å². The van der Waals surface area contributed by atoms with Gasteiger partial charge in [0.1, 0.15) is 0 Å². The van der Waals surface area contributed by atoms with Gasteiger partial charge < -0.3 is 20.1 Å². The SMILES string of the molecule is C=CCc1cc(C(=O)NCCC2CCNC2)cc(OC)c1OC. The van der Waals surface area contributed by atoms with E-state index in [2.05, 4.69) is 17.2 Å². The predicted octanol–water partition coefficient (Wildman–Crippen LogP) is 2.16. The van der Waals surface area contributed by atoms with Crippen molar-refractivity contribution in [3.63, 3.8) is 0 Å². The molecule has 1 heterocycles. The number of carbonyl (C=O) groups is 1. The van der Waals surface area contributed by atoms with Crippen molar-refractivity contribution in [2.24, 2.45) is 5.92 Å². The summed E-state index contributed by atoms with van der Waals surface area (Å²) in [4.78, 5) is 12.4. The molecule has 2 N–H and O–H groups in total. The van der Waals surface area contributed by atoms with E-state index in [1.807, 2.05) is 6.07 Å². The minimum absolute atomic E-state index is 0.0813. The zero-order valence-corrected chi connectivity index (χ0v) is 14.0. The van der Waals surface area contributed by atoms with Crippen molar-refractivity contribution < 1.29 is 14.3 Å². The normalized spacial score (nSPS) is 16.9. The summed E-state index contributed by atoms with van der Waals surface area (Å²) >= 11 is 0. The highest BCUT2D eigenvalue weighted by Crippen LogP contribution is 2.33. The maximum Gasteiger partial charge on any atom is 0.251 e. The van der Waals surface area contributed by atoms with Crippen molar-refractivity contribution in [2.75, 3.05) is 33.9 Å². The Morgan fingerprint density at radius 3 is 2.87 bits per heavy atom. The van der Waals surface area contributed by atoms with Crippen LogP contribution in [0.15, 0.2) is 24.8 Å². The van der Waals surface area contributed by atoms with Crippen molar-refractivity contribution >= 4 is 5.91 Å². The van der Waals surface area contributed by atoms with Crippen molar-refractivity contribution in [3.05, 3.63) is 35.9 Å². The largest absolute Gasteiger partial charge is 0.493 e. The van der Waals surface area contributed by atoms with Crippen LogP contribution in [0, 0.1) is 5.92 Å². The molecule has 1 fully saturated rings. The van der Waals surface area contributed by atoms with Gasteiger partial charge in [0.15, 0.2) is 11.5 Å². The first-order valence-electron chi connectivity index (χ1n) is 8.04. The van der Waals surface area contributed by atoms with Gasteiger partial charge in [0.2, 0.25) is 0 Å². The average molecular weight is 318 g/mol. The lowest BCUT2D eigenvalue weighted by Crippen LogP contribution is -2.26. The van der Waals surface area contributed by atoms with Crippen LogP contribution in [0.4, 0.5) is 0 Å². The molecule has 1 aliphatic rings. The fourth-order valence-corrected chi connectivity index (χ4v) is 2.93. The van der Waals surface area contributed by atoms with Gasteiger partial charge in [0.05, 0.1) is 14.2 Å². The number of carbonyl (C=O) groups excluding carboxylic acids is 1. The molecule has 5 heteroatoms. The van der Waals surface area contributed by atoms with E-state index < -0.39 is 0 Å². The quantitative estimate of drug-likeness (QED) is 0.721. The van der Waals surface area contributed by atoms with E-state index in [1.54, 1.807) is 26.4 Å². The van der Waals surface area contributed by atoms with E-state index >= 15 is 0 Å². The molecule has 1 amide bonds. The maximum absolute atomic E-state index is 12.4. The first kappa shape index (κ1) is 17.3. The lowest BCUT2D eigenvalue weighted by atomic mass is 10.0. The summed E-state index contributed by atoms with van der Waals surface area (Å²) in [5.74, 6) is 1.80. The molecule has 5 nitrogen and oxygen atoms in total. The van der Waals surface area contributed by atoms with E-state index in [9.17, 15) is 4.79 Å². The molecule has 2 rings (SSSR count). The number of nitrogens with one attached hydrogen (secondary N) is 2. The summed E-state index contributed by atoms with van der Waals surface area (Å²) in [6.07, 6.45) is 4.60. The van der Waals surface area contributed by atoms with Gasteiger partial charge in [0, 0.05) is 17.7 Å². The number of ether oxygens (including phenoxy) is 2. The topological polar surface area (TPSA) is 59.6 Å². The van der Waals surface area contributed by atoms with Crippen molar-refractivity contribution in [2.45, 2.75) is 19.3 Å². The molecule has 0 bridgehead atoms. The van der Waals surface area contributed by atoms with E-state index in [0.717, 1.165) is 25.1 Å². The Morgan fingerprint density at radius 2 is 2.26 bits per heavy atom. The minimum atomic E-state index is -0.0813. The summed E-state index contributed by atoms with van der Waals surface area (Å²) in [6, 6.07) is 3.56. The third-order valence-electron chi connectivity index (χ3n) is 4.18. The molecule has 0 saturated carbocycles. The third kappa shape index (κ3) is 4.48. The van der Waals surface area contributed by atoms with Gasteiger partial charge in [-0.2, -0.15) is 0 Å². The molecule has 1 aromatic rings. The summed E-state index contributed by atoms with van der Waals surface area (Å²) in [5.41, 5.74) is 1.48. The molecule has 1 atom stereocenters. The molecule has 23 heavy (non-hydrogen) atoms. The molecule has 1 saturated heterocycles. The fraction of sp³-hybridized carbons (Fsp3) is 0.500. The predicted molar refractivity (Wildman–Crippen MR) is 91.4 cm³/mol. The van der Waals surface area contributed by atoms with Crippen LogP contribution >= 0.6 is 0 Å². The lowest BCUT2D eigenvalue weighted by Gasteiger charge is -2.15. The molecule has 1 aromatic carbocycles. The van der Waals surface area contributed by atoms with Gasteiger partial charge in [-0.05, 0) is 50.4 Å². The Bertz CT molecular complexity index is 551. The number of rotatable bonds is 8. The van der Waals surface area contributed by atoms with Crippen LogP contribution < -0.4 is 20.1 Å². The zero-order chi connectivity index (χ0) is 16.7. The second-order valence-electron chi connectivity index (χ2n) is 5.77. The smallest absolute Gasteiger partial charge is 0.251 e.